The van der Waals surface area contributed by atoms with E-state index in [-0.39, 0.29) is 6.10 Å². The van der Waals surface area contributed by atoms with E-state index in [9.17, 15) is 0 Å². The number of hydrogen-bond donors (Lipinski definition) is 1. The van der Waals surface area contributed by atoms with Crippen molar-refractivity contribution < 1.29 is 9.26 Å². The summed E-state index contributed by atoms with van der Waals surface area (Å²) >= 11 is 0. The highest BCUT2D eigenvalue weighted by Gasteiger charge is 2.21. The van der Waals surface area contributed by atoms with E-state index < -0.39 is 0 Å². The summed E-state index contributed by atoms with van der Waals surface area (Å²) in [7, 11) is 1.69. The highest BCUT2D eigenvalue weighted by molar-refractivity contribution is 4.96. The lowest BCUT2D eigenvalue weighted by molar-refractivity contribution is 0.116. The summed E-state index contributed by atoms with van der Waals surface area (Å²) in [5.41, 5.74) is 0. The summed E-state index contributed by atoms with van der Waals surface area (Å²) in [5.74, 6) is 1.98. The molecule has 1 fully saturated rings. The van der Waals surface area contributed by atoms with Gasteiger partial charge in [-0.1, -0.05) is 5.16 Å². The number of aromatic nitrogens is 2. The second-order valence-corrected chi connectivity index (χ2v) is 4.32. The van der Waals surface area contributed by atoms with Crippen LogP contribution in [-0.4, -0.2) is 36.4 Å². The van der Waals surface area contributed by atoms with Crippen LogP contribution in [0.1, 0.15) is 37.4 Å². The van der Waals surface area contributed by atoms with Gasteiger partial charge in [-0.2, -0.15) is 4.98 Å². The van der Waals surface area contributed by atoms with Crippen LogP contribution in [0.25, 0.3) is 0 Å². The van der Waals surface area contributed by atoms with Gasteiger partial charge in [-0.3, -0.25) is 0 Å². The molecule has 1 saturated heterocycles. The summed E-state index contributed by atoms with van der Waals surface area (Å²) in [4.78, 5) is 4.44. The molecule has 1 atom stereocenters. The van der Waals surface area contributed by atoms with Crippen LogP contribution in [0, 0.1) is 0 Å². The maximum Gasteiger partial charge on any atom is 0.229 e. The van der Waals surface area contributed by atoms with Crippen molar-refractivity contribution in [2.45, 2.75) is 38.2 Å². The molecule has 90 valence electrons. The van der Waals surface area contributed by atoms with Gasteiger partial charge < -0.3 is 14.6 Å². The van der Waals surface area contributed by atoms with Gasteiger partial charge in [0.1, 0.15) is 0 Å². The van der Waals surface area contributed by atoms with Crippen molar-refractivity contribution in [3.05, 3.63) is 11.7 Å². The number of rotatable bonds is 4. The van der Waals surface area contributed by atoms with E-state index in [0.717, 1.165) is 37.6 Å². The number of methoxy groups -OCH3 is 1. The Morgan fingerprint density at radius 1 is 1.50 bits per heavy atom. The number of ether oxygens (including phenoxy) is 1. The minimum absolute atomic E-state index is 0.137. The van der Waals surface area contributed by atoms with Crippen LogP contribution in [0.15, 0.2) is 4.52 Å². The molecule has 16 heavy (non-hydrogen) atoms. The van der Waals surface area contributed by atoms with Gasteiger partial charge in [0.2, 0.25) is 5.89 Å². The first-order valence-electron chi connectivity index (χ1n) is 5.85. The molecular formula is C11H19N3O2. The average Bonchev–Trinajstić information content (AvgIpc) is 2.78. The molecule has 1 aromatic rings. The fourth-order valence-corrected chi connectivity index (χ4v) is 1.93. The van der Waals surface area contributed by atoms with Crippen LogP contribution < -0.4 is 5.32 Å². The average molecular weight is 225 g/mol. The van der Waals surface area contributed by atoms with Crippen LogP contribution in [0.5, 0.6) is 0 Å². The van der Waals surface area contributed by atoms with E-state index in [1.807, 2.05) is 6.92 Å². The van der Waals surface area contributed by atoms with E-state index in [4.69, 9.17) is 9.26 Å². The van der Waals surface area contributed by atoms with Crippen LogP contribution in [-0.2, 0) is 11.2 Å². The summed E-state index contributed by atoms with van der Waals surface area (Å²) < 4.78 is 10.5. The molecule has 1 unspecified atom stereocenters. The Labute approximate surface area is 95.6 Å². The first-order chi connectivity index (χ1) is 7.79. The van der Waals surface area contributed by atoms with Crippen LogP contribution >= 0.6 is 0 Å². The van der Waals surface area contributed by atoms with Gasteiger partial charge in [-0.05, 0) is 32.9 Å². The Morgan fingerprint density at radius 2 is 2.25 bits per heavy atom. The molecule has 0 amide bonds. The van der Waals surface area contributed by atoms with Crippen LogP contribution in [0.3, 0.4) is 0 Å². The molecule has 2 heterocycles. The second kappa shape index (κ2) is 5.41. The number of nitrogens with zero attached hydrogens (tertiary/aromatic N) is 2. The van der Waals surface area contributed by atoms with Crippen LogP contribution in [0.2, 0.25) is 0 Å². The van der Waals surface area contributed by atoms with Gasteiger partial charge in [0.15, 0.2) is 5.82 Å². The molecule has 0 radical (unpaired) electrons. The van der Waals surface area contributed by atoms with Gasteiger partial charge in [0.05, 0.1) is 6.10 Å². The maximum atomic E-state index is 5.31. The second-order valence-electron chi connectivity index (χ2n) is 4.32. The molecule has 0 aromatic carbocycles. The molecule has 5 heteroatoms. The van der Waals surface area contributed by atoms with E-state index in [1.165, 1.54) is 0 Å². The topological polar surface area (TPSA) is 60.2 Å². The molecule has 1 aromatic heterocycles. The smallest absolute Gasteiger partial charge is 0.229 e. The van der Waals surface area contributed by atoms with E-state index in [0.29, 0.717) is 12.3 Å². The van der Waals surface area contributed by atoms with Crippen molar-refractivity contribution in [2.24, 2.45) is 0 Å². The first kappa shape index (κ1) is 11.5. The van der Waals surface area contributed by atoms with Gasteiger partial charge in [-0.25, -0.2) is 0 Å². The molecule has 1 aliphatic rings. The number of nitrogens with one attached hydrogen (secondary N) is 1. The predicted octanol–water partition coefficient (Wildman–Crippen LogP) is 1.11. The first-order valence-corrected chi connectivity index (χ1v) is 5.85. The summed E-state index contributed by atoms with van der Waals surface area (Å²) in [5, 5.41) is 7.32. The Balaban J connectivity index is 1.95. The van der Waals surface area contributed by atoms with E-state index in [1.54, 1.807) is 7.11 Å². The van der Waals surface area contributed by atoms with E-state index in [2.05, 4.69) is 15.5 Å². The Morgan fingerprint density at radius 3 is 2.94 bits per heavy atom. The lowest BCUT2D eigenvalue weighted by Crippen LogP contribution is -2.26. The molecule has 1 aliphatic heterocycles. The van der Waals surface area contributed by atoms with Crippen molar-refractivity contribution in [1.29, 1.82) is 0 Å². The Kier molecular flexibility index (Phi) is 3.90. The lowest BCUT2D eigenvalue weighted by Gasteiger charge is -2.18. The fraction of sp³-hybridized carbons (Fsp3) is 0.818. The van der Waals surface area contributed by atoms with Crippen molar-refractivity contribution >= 4 is 0 Å². The highest BCUT2D eigenvalue weighted by Crippen LogP contribution is 2.23. The monoisotopic (exact) mass is 225 g/mol. The standard InChI is InChI=1S/C11H19N3O2/c1-8(15-2)7-10-13-11(16-14-10)9-3-5-12-6-4-9/h8-9,12H,3-7H2,1-2H3. The third kappa shape index (κ3) is 2.80. The Hall–Kier alpha value is -0.940. The molecule has 0 saturated carbocycles. The Bertz CT molecular complexity index is 321. The van der Waals surface area contributed by atoms with Crippen molar-refractivity contribution in [1.82, 2.24) is 15.5 Å². The van der Waals surface area contributed by atoms with Gasteiger partial charge >= 0.3 is 0 Å². The number of piperidine rings is 1. The molecular weight excluding hydrogens is 206 g/mol. The van der Waals surface area contributed by atoms with E-state index >= 15 is 0 Å². The lowest BCUT2D eigenvalue weighted by atomic mass is 9.98. The fourth-order valence-electron chi connectivity index (χ4n) is 1.93. The predicted molar refractivity (Wildman–Crippen MR) is 59.3 cm³/mol. The largest absolute Gasteiger partial charge is 0.381 e. The maximum absolute atomic E-state index is 5.31. The van der Waals surface area contributed by atoms with Gasteiger partial charge in [0.25, 0.3) is 0 Å². The quantitative estimate of drug-likeness (QED) is 0.832. The zero-order valence-electron chi connectivity index (χ0n) is 9.90. The normalized spacial score (nSPS) is 19.9. The SMILES string of the molecule is COC(C)Cc1noc(C2CCNCC2)n1. The third-order valence-electron chi connectivity index (χ3n) is 3.04. The molecule has 2 rings (SSSR count). The highest BCUT2D eigenvalue weighted by atomic mass is 16.5. The summed E-state index contributed by atoms with van der Waals surface area (Å²) in [6, 6.07) is 0. The molecule has 0 aliphatic carbocycles. The molecule has 0 bridgehead atoms. The van der Waals surface area contributed by atoms with Crippen molar-refractivity contribution in [3.63, 3.8) is 0 Å². The molecule has 0 spiro atoms. The van der Waals surface area contributed by atoms with Crippen LogP contribution in [0.4, 0.5) is 0 Å². The summed E-state index contributed by atoms with van der Waals surface area (Å²) in [6.07, 6.45) is 3.02. The summed E-state index contributed by atoms with van der Waals surface area (Å²) in [6.45, 7) is 4.08. The zero-order chi connectivity index (χ0) is 11.4. The van der Waals surface area contributed by atoms with Crippen molar-refractivity contribution in [2.75, 3.05) is 20.2 Å². The van der Waals surface area contributed by atoms with Crippen molar-refractivity contribution in [3.8, 4) is 0 Å². The third-order valence-corrected chi connectivity index (χ3v) is 3.04. The zero-order valence-corrected chi connectivity index (χ0v) is 9.90. The van der Waals surface area contributed by atoms with Gasteiger partial charge in [-0.15, -0.1) is 0 Å². The molecule has 5 nitrogen and oxygen atoms in total. The molecule has 1 N–H and O–H groups in total. The minimum Gasteiger partial charge on any atom is -0.381 e. The van der Waals surface area contributed by atoms with Gasteiger partial charge in [0, 0.05) is 19.4 Å². The minimum atomic E-state index is 0.137. The number of hydrogen-bond acceptors (Lipinski definition) is 5.